The summed E-state index contributed by atoms with van der Waals surface area (Å²) in [4.78, 5) is 0. The van der Waals surface area contributed by atoms with Gasteiger partial charge in [0.2, 0.25) is 0 Å². The van der Waals surface area contributed by atoms with Crippen LogP contribution in [0.5, 0.6) is 0 Å². The number of hydrogen-bond donors (Lipinski definition) is 0. The number of benzene rings is 2. The highest BCUT2D eigenvalue weighted by Crippen LogP contribution is 2.26. The molecule has 0 N–H and O–H groups in total. The zero-order chi connectivity index (χ0) is 10.7. The second kappa shape index (κ2) is 4.58. The Balaban J connectivity index is 2.53. The molecule has 0 aliphatic carbocycles. The first-order valence-electron chi connectivity index (χ1n) is 4.71. The first-order valence-corrected chi connectivity index (χ1v) is 5.50. The maximum atomic E-state index is 12.8. The van der Waals surface area contributed by atoms with Gasteiger partial charge in [-0.15, -0.1) is 0 Å². The van der Waals surface area contributed by atoms with E-state index >= 15 is 0 Å². The highest BCUT2D eigenvalue weighted by atomic mass is 79.9. The summed E-state index contributed by atoms with van der Waals surface area (Å²) in [5, 5.41) is 0. The van der Waals surface area contributed by atoms with Crippen molar-refractivity contribution in [3.05, 3.63) is 58.6 Å². The van der Waals surface area contributed by atoms with Crippen LogP contribution >= 0.6 is 15.9 Å². The molecule has 0 bridgehead atoms. The third-order valence-electron chi connectivity index (χ3n) is 2.30. The van der Waals surface area contributed by atoms with Crippen molar-refractivity contribution in [1.82, 2.24) is 0 Å². The van der Waals surface area contributed by atoms with Gasteiger partial charge in [-0.2, -0.15) is 0 Å². The van der Waals surface area contributed by atoms with Gasteiger partial charge in [0.1, 0.15) is 6.67 Å². The van der Waals surface area contributed by atoms with Crippen LogP contribution in [0.2, 0.25) is 0 Å². The first-order chi connectivity index (χ1) is 7.31. The highest BCUT2D eigenvalue weighted by molar-refractivity contribution is 9.10. The van der Waals surface area contributed by atoms with Gasteiger partial charge in [0.15, 0.2) is 0 Å². The second-order valence-electron chi connectivity index (χ2n) is 3.30. The van der Waals surface area contributed by atoms with Crippen molar-refractivity contribution in [2.24, 2.45) is 0 Å². The van der Waals surface area contributed by atoms with E-state index in [0.717, 1.165) is 21.2 Å². The van der Waals surface area contributed by atoms with Crippen LogP contribution in [0.1, 0.15) is 5.56 Å². The van der Waals surface area contributed by atoms with Crippen molar-refractivity contribution in [2.45, 2.75) is 6.67 Å². The van der Waals surface area contributed by atoms with E-state index in [2.05, 4.69) is 15.9 Å². The van der Waals surface area contributed by atoms with Crippen molar-refractivity contribution in [3.8, 4) is 11.1 Å². The Morgan fingerprint density at radius 3 is 2.53 bits per heavy atom. The van der Waals surface area contributed by atoms with Crippen molar-refractivity contribution in [1.29, 1.82) is 0 Å². The van der Waals surface area contributed by atoms with E-state index in [-0.39, 0.29) is 0 Å². The molecule has 0 amide bonds. The van der Waals surface area contributed by atoms with Gasteiger partial charge in [-0.3, -0.25) is 0 Å². The van der Waals surface area contributed by atoms with Crippen molar-refractivity contribution < 1.29 is 4.39 Å². The molecule has 0 aliphatic heterocycles. The molecule has 2 aromatic rings. The molecule has 0 aliphatic rings. The molecule has 2 aromatic carbocycles. The van der Waals surface area contributed by atoms with Gasteiger partial charge in [-0.1, -0.05) is 52.3 Å². The number of alkyl halides is 1. The Hall–Kier alpha value is -1.15. The molecule has 0 aromatic heterocycles. The van der Waals surface area contributed by atoms with E-state index in [9.17, 15) is 4.39 Å². The van der Waals surface area contributed by atoms with E-state index in [1.807, 2.05) is 48.5 Å². The zero-order valence-electron chi connectivity index (χ0n) is 8.08. The lowest BCUT2D eigenvalue weighted by Gasteiger charge is -2.06. The smallest absolute Gasteiger partial charge is 0.115 e. The molecule has 76 valence electrons. The van der Waals surface area contributed by atoms with Gasteiger partial charge in [0.05, 0.1) is 0 Å². The minimum Gasteiger partial charge on any atom is -0.246 e. The van der Waals surface area contributed by atoms with Gasteiger partial charge in [0.25, 0.3) is 0 Å². The molecule has 0 nitrogen and oxygen atoms in total. The maximum absolute atomic E-state index is 12.8. The third-order valence-corrected chi connectivity index (χ3v) is 2.79. The summed E-state index contributed by atoms with van der Waals surface area (Å²) in [6.45, 7) is -0.428. The average molecular weight is 265 g/mol. The molecule has 0 heterocycles. The molecule has 0 saturated carbocycles. The lowest BCUT2D eigenvalue weighted by atomic mass is 10.0. The summed E-state index contributed by atoms with van der Waals surface area (Å²) in [7, 11) is 0. The number of halogens is 2. The molecule has 0 fully saturated rings. The lowest BCUT2D eigenvalue weighted by Crippen LogP contribution is -1.85. The van der Waals surface area contributed by atoms with E-state index in [1.165, 1.54) is 0 Å². The fourth-order valence-corrected chi connectivity index (χ4v) is 1.97. The zero-order valence-corrected chi connectivity index (χ0v) is 9.67. The Labute approximate surface area is 96.9 Å². The van der Waals surface area contributed by atoms with E-state index in [0.29, 0.717) is 0 Å². The van der Waals surface area contributed by atoms with E-state index < -0.39 is 6.67 Å². The summed E-state index contributed by atoms with van der Waals surface area (Å²) in [6.07, 6.45) is 0. The van der Waals surface area contributed by atoms with Gasteiger partial charge in [-0.25, -0.2) is 4.39 Å². The van der Waals surface area contributed by atoms with Crippen molar-refractivity contribution >= 4 is 15.9 Å². The Morgan fingerprint density at radius 2 is 1.80 bits per heavy atom. The van der Waals surface area contributed by atoms with Gasteiger partial charge in [-0.05, 0) is 28.8 Å². The van der Waals surface area contributed by atoms with Crippen LogP contribution in [-0.4, -0.2) is 0 Å². The Bertz CT molecular complexity index is 466. The highest BCUT2D eigenvalue weighted by Gasteiger charge is 2.03. The molecule has 0 unspecified atom stereocenters. The SMILES string of the molecule is FCc1ccccc1-c1cccc(Br)c1. The summed E-state index contributed by atoms with van der Waals surface area (Å²) < 4.78 is 13.8. The molecule has 2 heteroatoms. The fourth-order valence-electron chi connectivity index (χ4n) is 1.57. The van der Waals surface area contributed by atoms with Crippen LogP contribution in [0.25, 0.3) is 11.1 Å². The molecular formula is C13H10BrF. The van der Waals surface area contributed by atoms with Crippen LogP contribution in [0.4, 0.5) is 4.39 Å². The van der Waals surface area contributed by atoms with Crippen LogP contribution < -0.4 is 0 Å². The molecule has 0 spiro atoms. The molecule has 15 heavy (non-hydrogen) atoms. The van der Waals surface area contributed by atoms with E-state index in [4.69, 9.17) is 0 Å². The molecule has 0 saturated heterocycles. The fraction of sp³-hybridized carbons (Fsp3) is 0.0769. The molecular weight excluding hydrogens is 255 g/mol. The average Bonchev–Trinajstić information content (AvgIpc) is 2.29. The van der Waals surface area contributed by atoms with Gasteiger partial charge < -0.3 is 0 Å². The Morgan fingerprint density at radius 1 is 1.00 bits per heavy atom. The molecule has 0 radical (unpaired) electrons. The minimum absolute atomic E-state index is 0.428. The number of rotatable bonds is 2. The van der Waals surface area contributed by atoms with Crippen LogP contribution in [-0.2, 0) is 6.67 Å². The largest absolute Gasteiger partial charge is 0.246 e. The summed E-state index contributed by atoms with van der Waals surface area (Å²) in [5.41, 5.74) is 2.73. The maximum Gasteiger partial charge on any atom is 0.115 e. The predicted octanol–water partition coefficient (Wildman–Crippen LogP) is 4.59. The first kappa shape index (κ1) is 10.4. The summed E-state index contributed by atoms with van der Waals surface area (Å²) in [6, 6.07) is 15.4. The van der Waals surface area contributed by atoms with E-state index in [1.54, 1.807) is 0 Å². The standard InChI is InChI=1S/C13H10BrF/c14-12-6-3-5-10(8-12)13-7-2-1-4-11(13)9-15/h1-8H,9H2. The monoisotopic (exact) mass is 264 g/mol. The summed E-state index contributed by atoms with van der Waals surface area (Å²) in [5.74, 6) is 0. The normalized spacial score (nSPS) is 10.3. The molecule has 0 atom stereocenters. The van der Waals surface area contributed by atoms with Gasteiger partial charge >= 0.3 is 0 Å². The third kappa shape index (κ3) is 2.26. The number of hydrogen-bond acceptors (Lipinski definition) is 0. The quantitative estimate of drug-likeness (QED) is 0.745. The summed E-state index contributed by atoms with van der Waals surface area (Å²) >= 11 is 3.41. The topological polar surface area (TPSA) is 0 Å². The van der Waals surface area contributed by atoms with Crippen molar-refractivity contribution in [3.63, 3.8) is 0 Å². The van der Waals surface area contributed by atoms with Crippen LogP contribution in [0.3, 0.4) is 0 Å². The predicted molar refractivity (Wildman–Crippen MR) is 64.4 cm³/mol. The lowest BCUT2D eigenvalue weighted by molar-refractivity contribution is 0.486. The van der Waals surface area contributed by atoms with Crippen molar-refractivity contribution in [2.75, 3.05) is 0 Å². The van der Waals surface area contributed by atoms with Crippen LogP contribution in [0.15, 0.2) is 53.0 Å². The second-order valence-corrected chi connectivity index (χ2v) is 4.22. The van der Waals surface area contributed by atoms with Gasteiger partial charge in [0, 0.05) is 4.47 Å². The van der Waals surface area contributed by atoms with Crippen LogP contribution in [0, 0.1) is 0 Å². The molecule has 2 rings (SSSR count). The Kier molecular flexibility index (Phi) is 3.17. The minimum atomic E-state index is -0.428.